The quantitative estimate of drug-likeness (QED) is 0.0120. The van der Waals surface area contributed by atoms with Crippen LogP contribution in [0.15, 0.2) is 78.3 Å². The Bertz CT molecular complexity index is 5350. The Balaban J connectivity index is 0.000000122. The van der Waals surface area contributed by atoms with Crippen molar-refractivity contribution in [3.8, 4) is 0 Å². The molecule has 0 radical (unpaired) electrons. The van der Waals surface area contributed by atoms with Gasteiger partial charge in [-0.15, -0.1) is 45.1 Å². The summed E-state index contributed by atoms with van der Waals surface area (Å²) in [5.41, 5.74) is 8.84. The predicted octanol–water partition coefficient (Wildman–Crippen LogP) is 13.0. The van der Waals surface area contributed by atoms with E-state index >= 15 is 0 Å². The van der Waals surface area contributed by atoms with Crippen LogP contribution in [0.2, 0.25) is 0 Å². The molecule has 5 aliphatic carbocycles. The molecule has 15 fully saturated rings. The smallest absolute Gasteiger partial charge is 0.418 e. The normalized spacial score (nSPS) is 25.6. The zero-order valence-corrected chi connectivity index (χ0v) is 83.5. The van der Waals surface area contributed by atoms with Crippen LogP contribution in [0.25, 0.3) is 0 Å². The highest BCUT2D eigenvalue weighted by molar-refractivity contribution is 7.81. The number of hydrogen-bond acceptors (Lipinski definition) is 30. The Morgan fingerprint density at radius 1 is 0.443 bits per heavy atom. The maximum Gasteiger partial charge on any atom is 0.418 e. The lowest BCUT2D eigenvalue weighted by atomic mass is 9.99. The molecule has 768 valence electrons. The highest BCUT2D eigenvalue weighted by Gasteiger charge is 2.55. The first-order valence-electron chi connectivity index (χ1n) is 50.4. The Hall–Kier alpha value is -9.97. The maximum atomic E-state index is 12.9. The lowest BCUT2D eigenvalue weighted by Gasteiger charge is -2.39. The summed E-state index contributed by atoms with van der Waals surface area (Å²) in [5.74, 6) is 3.86. The van der Waals surface area contributed by atoms with Gasteiger partial charge in [0.25, 0.3) is 0 Å². The van der Waals surface area contributed by atoms with Crippen LogP contribution < -0.4 is 11.1 Å². The van der Waals surface area contributed by atoms with Crippen LogP contribution in [0.4, 0.5) is 24.0 Å². The molecule has 6 aromatic rings. The second kappa shape index (κ2) is 43.3. The molecule has 4 aromatic heterocycles. The van der Waals surface area contributed by atoms with E-state index in [9.17, 15) is 60.2 Å². The molecular formula is C95H139N21O22S2. The van der Waals surface area contributed by atoms with Crippen LogP contribution in [0.5, 0.6) is 0 Å². The number of Topliss-reactive ketones (excluding diaryl/α,β-unsaturated/α-hetero) is 1. The summed E-state index contributed by atoms with van der Waals surface area (Å²) in [5, 5.41) is 50.3. The number of piperidine rings is 5. The Morgan fingerprint density at radius 3 is 1.14 bits per heavy atom. The van der Waals surface area contributed by atoms with Gasteiger partial charge < -0.3 is 62.3 Å². The predicted molar refractivity (Wildman–Crippen MR) is 497 cm³/mol. The largest absolute Gasteiger partial charge is 0.724 e. The van der Waals surface area contributed by atoms with Gasteiger partial charge in [-0.25, -0.2) is 37.5 Å². The van der Waals surface area contributed by atoms with Gasteiger partial charge in [-0.1, -0.05) is 142 Å². The monoisotopic (exact) mass is 1990 g/mol. The first kappa shape index (κ1) is 103. The molecular weight excluding hydrogens is 1850 g/mol. The fourth-order valence-electron chi connectivity index (χ4n) is 20.3. The number of nitrogens with two attached hydrogens (primary N) is 1. The Labute approximate surface area is 817 Å². The number of urea groups is 5. The molecule has 10 aliphatic heterocycles. The molecule has 2 aromatic carbocycles. The first-order chi connectivity index (χ1) is 66.8. The Kier molecular flexibility index (Phi) is 31.8. The number of ketones is 1. The van der Waals surface area contributed by atoms with Gasteiger partial charge in [0.15, 0.2) is 5.78 Å². The van der Waals surface area contributed by atoms with E-state index in [4.69, 9.17) is 37.6 Å². The molecule has 5 saturated carbocycles. The van der Waals surface area contributed by atoms with Crippen LogP contribution in [0.3, 0.4) is 0 Å². The van der Waals surface area contributed by atoms with Crippen molar-refractivity contribution in [3.05, 3.63) is 119 Å². The molecule has 10 saturated heterocycles. The number of rotatable bonds is 39. The molecule has 45 heteroatoms. The molecule has 15 aliphatic rings. The molecule has 43 nitrogen and oxygen atoms in total. The molecule has 0 unspecified atom stereocenters. The van der Waals surface area contributed by atoms with E-state index in [1.54, 1.807) is 9.80 Å². The highest BCUT2D eigenvalue weighted by Crippen LogP contribution is 2.52. The lowest BCUT2D eigenvalue weighted by Crippen LogP contribution is -2.50. The fraction of sp³-hybridized carbons (Fsp3) is 0.716. The van der Waals surface area contributed by atoms with Gasteiger partial charge in [-0.05, 0) is 187 Å². The number of benzene rings is 2. The molecule has 10 bridgehead atoms. The standard InChI is InChI=1S/C21H27N3O4.C20H24N4O3.C16H36N.C13H18N4O6S.C13H18N4O3.C12H17N5O6S/c1-21(9-10-21)11-17(25)12-22-19(26)18-8-7-16-13-23(18)20(27)24(16)28-14-15-5-3-2-4-6-15;1-20(9-10-20)11-17-21-22-18(27-17)16-8-7-15-12-23(16)19(25)24(15)26-13-14-5-3-2-4-6-14;1-5-9-13-17(14-10-6-2,15-11-7-3)16-12-8-4;1-13(4-5-13)6-10-14-15-11(22-10)9-3-2-8-7-16(9)12(18)17(8)23-24(19,20)21;1-13(4-5-13)6-10-14-15-11(20-10)9-3-2-8-7-16(9)12(18)17(8)19;13-12(3-4-12)5-9-14-15-10(22-9)8-2-1-7-6-16(8)11(18)17(7)23-24(19,20)21/h2-6,16,18H,7-14H2,1H3,(H,22,26);2-6,15-16H,7-13H2,1H3;5-16H2,1-4H3;8-9H,2-7H2,1H3,(H,19,20,21);8-9,19H,2-7H2,1H3;7-8H,1-6,13H2,(H,19,20,21)/q;;+1;;;/p-1/t16-,18+;15-,16+;;2*8-,9+;7-,8+/m11.111/s1. The summed E-state index contributed by atoms with van der Waals surface area (Å²) >= 11 is 0. The van der Waals surface area contributed by atoms with Crippen LogP contribution in [0, 0.1) is 21.7 Å². The number of nitrogens with one attached hydrogen (secondary N) is 1. The third-order valence-electron chi connectivity index (χ3n) is 30.4. The van der Waals surface area contributed by atoms with E-state index in [1.165, 1.54) is 128 Å². The van der Waals surface area contributed by atoms with Crippen molar-refractivity contribution < 1.29 is 105 Å². The van der Waals surface area contributed by atoms with Crippen LogP contribution in [-0.2, 0) is 87.5 Å². The zero-order valence-electron chi connectivity index (χ0n) is 81.8. The number of hydroxylamine groups is 10. The number of aromatic nitrogens is 8. The van der Waals surface area contributed by atoms with Crippen LogP contribution >= 0.6 is 0 Å². The number of carbonyl (C=O) groups excluding carboxylic acids is 7. The van der Waals surface area contributed by atoms with Crippen molar-refractivity contribution in [2.75, 3.05) is 65.4 Å². The van der Waals surface area contributed by atoms with E-state index in [2.05, 4.69) is 110 Å². The average molecular weight is 1990 g/mol. The molecule has 0 spiro atoms. The third-order valence-corrected chi connectivity index (χ3v) is 31.0. The van der Waals surface area contributed by atoms with Crippen LogP contribution in [0.1, 0.15) is 324 Å². The van der Waals surface area contributed by atoms with Crippen molar-refractivity contribution in [3.63, 3.8) is 0 Å². The van der Waals surface area contributed by atoms with Crippen molar-refractivity contribution in [2.45, 2.75) is 346 Å². The van der Waals surface area contributed by atoms with E-state index in [0.717, 1.165) is 93.2 Å². The maximum absolute atomic E-state index is 12.9. The number of quaternary nitrogens is 1. The van der Waals surface area contributed by atoms with E-state index < -0.39 is 63.1 Å². The number of carbonyl (C=O) groups is 7. The molecule has 140 heavy (non-hydrogen) atoms. The van der Waals surface area contributed by atoms with Crippen molar-refractivity contribution in [2.24, 2.45) is 27.4 Å². The van der Waals surface area contributed by atoms with Crippen molar-refractivity contribution >= 4 is 62.6 Å². The highest BCUT2D eigenvalue weighted by atomic mass is 32.3. The molecule has 10 atom stereocenters. The van der Waals surface area contributed by atoms with Gasteiger partial charge in [-0.2, -0.15) is 33.0 Å². The van der Waals surface area contributed by atoms with Gasteiger partial charge in [0.1, 0.15) is 43.4 Å². The molecule has 21 rings (SSSR count). The number of nitrogens with zero attached hydrogens (tertiary/aromatic N) is 19. The van der Waals surface area contributed by atoms with E-state index in [0.29, 0.717) is 159 Å². The zero-order chi connectivity index (χ0) is 99.3. The summed E-state index contributed by atoms with van der Waals surface area (Å²) in [6.07, 6.45) is 32.1. The van der Waals surface area contributed by atoms with Crippen molar-refractivity contribution in [1.82, 2.24) is 95.9 Å². The number of fused-ring (bicyclic) bond motifs is 10. The summed E-state index contributed by atoms with van der Waals surface area (Å²) in [4.78, 5) is 106. The topological polar surface area (TPSA) is 514 Å². The third kappa shape index (κ3) is 26.0. The van der Waals surface area contributed by atoms with Crippen molar-refractivity contribution in [1.29, 1.82) is 0 Å². The first-order valence-corrected chi connectivity index (χ1v) is 53.1. The van der Waals surface area contributed by atoms with Gasteiger partial charge in [0, 0.05) is 70.4 Å². The van der Waals surface area contributed by atoms with Crippen LogP contribution in [-0.4, -0.2) is 275 Å². The molecule has 14 heterocycles. The SMILES string of the molecule is CC1(CC(=O)CNC(=O)[C@@H]2CC[C@@H]3CN2C(=O)N3OCc2ccccc2)CC1.CC1(Cc2nnc([C@@H]3CC[C@@H]4CN3C(=O)N4O)o2)CC1.CC1(Cc2nnc([C@@H]3CC[C@@H]4CN3C(=O)N4OCc3ccccc3)o2)CC1.CC1(Cc2nnc([C@@H]3CC[C@@H]4CN3C(=O)N4OS(=O)(=O)[O-])o2)CC1.CCCC[N+](CCCC)(CCCC)CCCC.NC1(Cc2nnc([C@@H]3CC[C@@H]4CN3C(=O)N4OS(=O)(=O)O)o2)CC1. The molecule has 11 amide bonds. The summed E-state index contributed by atoms with van der Waals surface area (Å²) in [7, 11) is -9.75. The number of amides is 11. The van der Waals surface area contributed by atoms with Gasteiger partial charge in [-0.3, -0.25) is 29.0 Å². The second-order valence-electron chi connectivity index (χ2n) is 42.6. The van der Waals surface area contributed by atoms with Gasteiger partial charge in [0.2, 0.25) is 63.4 Å². The summed E-state index contributed by atoms with van der Waals surface area (Å²) < 4.78 is 96.0. The van der Waals surface area contributed by atoms with Gasteiger partial charge in [0.05, 0.1) is 62.9 Å². The minimum Gasteiger partial charge on any atom is -0.724 e. The minimum atomic E-state index is -4.99. The average Bonchev–Trinajstić information content (AvgIpc) is 1.62. The lowest BCUT2D eigenvalue weighted by molar-refractivity contribution is -0.929. The minimum absolute atomic E-state index is 0.0308. The fourth-order valence-corrected chi connectivity index (χ4v) is 21.1. The Morgan fingerprint density at radius 2 is 0.771 bits per heavy atom. The van der Waals surface area contributed by atoms with E-state index in [-0.39, 0.29) is 96.0 Å². The molecule has 5 N–H and O–H groups in total. The summed E-state index contributed by atoms with van der Waals surface area (Å²) in [6, 6.07) is 14.8. The number of hydrogen-bond donors (Lipinski definition) is 4. The summed E-state index contributed by atoms with van der Waals surface area (Å²) in [6.45, 7) is 26.7. The van der Waals surface area contributed by atoms with E-state index in [1.807, 2.05) is 65.6 Å². The van der Waals surface area contributed by atoms with Gasteiger partial charge >= 0.3 is 40.6 Å². The second-order valence-corrected chi connectivity index (χ2v) is 44.6. The number of unbranched alkanes of at least 4 members (excludes halogenated alkanes) is 4.